The number of halogens is 2. The van der Waals surface area contributed by atoms with E-state index in [9.17, 15) is 4.79 Å². The van der Waals surface area contributed by atoms with Gasteiger partial charge in [0.15, 0.2) is 24.5 Å². The molecule has 0 fully saturated rings. The van der Waals surface area contributed by atoms with Crippen molar-refractivity contribution in [1.82, 2.24) is 9.97 Å². The summed E-state index contributed by atoms with van der Waals surface area (Å²) in [5.74, 6) is 0.291. The van der Waals surface area contributed by atoms with Crippen molar-refractivity contribution < 1.29 is 18.7 Å². The van der Waals surface area contributed by atoms with E-state index in [0.29, 0.717) is 33.3 Å². The number of oxazole rings is 1. The van der Waals surface area contributed by atoms with Gasteiger partial charge in [0.2, 0.25) is 5.89 Å². The fourth-order valence-electron chi connectivity index (χ4n) is 2.58. The minimum Gasteiger partial charge on any atom is -0.478 e. The monoisotopic (exact) mass is 494 g/mol. The highest BCUT2D eigenvalue weighted by atomic mass is 127. The molecule has 0 spiro atoms. The van der Waals surface area contributed by atoms with Crippen molar-refractivity contribution in [2.45, 2.75) is 6.61 Å². The van der Waals surface area contributed by atoms with Gasteiger partial charge in [-0.25, -0.2) is 9.78 Å². The van der Waals surface area contributed by atoms with Crippen LogP contribution in [0.2, 0.25) is 5.02 Å². The molecule has 0 aliphatic carbocycles. The third-order valence-corrected chi connectivity index (χ3v) is 4.89. The van der Waals surface area contributed by atoms with Crippen LogP contribution in [0.15, 0.2) is 53.1 Å². The van der Waals surface area contributed by atoms with E-state index in [1.807, 2.05) is 24.3 Å². The average molecular weight is 495 g/mol. The first-order valence-corrected chi connectivity index (χ1v) is 9.43. The van der Waals surface area contributed by atoms with E-state index in [1.165, 1.54) is 0 Å². The second-order valence-electron chi connectivity index (χ2n) is 5.59. The summed E-state index contributed by atoms with van der Waals surface area (Å²) >= 11 is 8.33. The molecule has 2 heterocycles. The van der Waals surface area contributed by atoms with Crippen LogP contribution in [0.3, 0.4) is 0 Å². The molecule has 0 saturated heterocycles. The predicted molar refractivity (Wildman–Crippen MR) is 109 cm³/mol. The number of pyridine rings is 1. The molecule has 2 aromatic heterocycles. The lowest BCUT2D eigenvalue weighted by atomic mass is 10.2. The topological polar surface area (TPSA) is 74.5 Å². The van der Waals surface area contributed by atoms with E-state index in [-0.39, 0.29) is 13.2 Å². The highest BCUT2D eigenvalue weighted by Gasteiger charge is 2.15. The Kier molecular flexibility index (Phi) is 5.13. The van der Waals surface area contributed by atoms with Gasteiger partial charge in [-0.15, -0.1) is 0 Å². The van der Waals surface area contributed by atoms with E-state index in [4.69, 9.17) is 25.5 Å². The molecule has 0 N–H and O–H groups in total. The Labute approximate surface area is 172 Å². The summed E-state index contributed by atoms with van der Waals surface area (Å²) in [6, 6.07) is 12.7. The number of para-hydroxylation sites is 2. The number of ether oxygens (including phenoxy) is 2. The molecule has 136 valence electrons. The van der Waals surface area contributed by atoms with Gasteiger partial charge in [0.1, 0.15) is 11.0 Å². The van der Waals surface area contributed by atoms with Crippen LogP contribution in [0.4, 0.5) is 0 Å². The molecule has 4 aromatic rings. The van der Waals surface area contributed by atoms with E-state index in [0.717, 1.165) is 8.96 Å². The molecule has 0 aliphatic rings. The molecule has 0 radical (unpaired) electrons. The van der Waals surface area contributed by atoms with Crippen LogP contribution in [0, 0.1) is 3.57 Å². The van der Waals surface area contributed by atoms with Gasteiger partial charge in [-0.1, -0.05) is 23.7 Å². The van der Waals surface area contributed by atoms with E-state index >= 15 is 0 Å². The maximum atomic E-state index is 12.1. The normalized spacial score (nSPS) is 11.0. The van der Waals surface area contributed by atoms with Crippen molar-refractivity contribution in [3.05, 3.63) is 63.1 Å². The molecule has 2 aromatic carbocycles. The Hall–Kier alpha value is -2.39. The third kappa shape index (κ3) is 3.84. The molecule has 6 nitrogen and oxygen atoms in total. The maximum Gasteiger partial charge on any atom is 0.344 e. The lowest BCUT2D eigenvalue weighted by Crippen LogP contribution is -2.15. The average Bonchev–Trinajstić information content (AvgIpc) is 3.09. The molecule has 8 heteroatoms. The fraction of sp³-hybridized carbons (Fsp3) is 0.105. The number of rotatable bonds is 5. The van der Waals surface area contributed by atoms with Crippen molar-refractivity contribution in [1.29, 1.82) is 0 Å². The van der Waals surface area contributed by atoms with Gasteiger partial charge in [-0.2, -0.15) is 0 Å². The van der Waals surface area contributed by atoms with Crippen LogP contribution in [0.1, 0.15) is 5.89 Å². The van der Waals surface area contributed by atoms with Crippen LogP contribution >= 0.6 is 34.2 Å². The molecule has 0 saturated carbocycles. The second-order valence-corrected chi connectivity index (χ2v) is 7.16. The van der Waals surface area contributed by atoms with Crippen molar-refractivity contribution in [2.24, 2.45) is 0 Å². The van der Waals surface area contributed by atoms with E-state index in [1.54, 1.807) is 24.4 Å². The maximum absolute atomic E-state index is 12.1. The molecule has 4 rings (SSSR count). The Morgan fingerprint density at radius 1 is 1.22 bits per heavy atom. The summed E-state index contributed by atoms with van der Waals surface area (Å²) in [7, 11) is 0. The minimum absolute atomic E-state index is 0.0619. The van der Waals surface area contributed by atoms with Gasteiger partial charge >= 0.3 is 5.97 Å². The summed E-state index contributed by atoms with van der Waals surface area (Å²) in [5.41, 5.74) is 1.96. The number of nitrogens with zero attached hydrogens (tertiary/aromatic N) is 2. The fourth-order valence-corrected chi connectivity index (χ4v) is 3.75. The minimum atomic E-state index is -0.535. The summed E-state index contributed by atoms with van der Waals surface area (Å²) in [4.78, 5) is 20.6. The SMILES string of the molecule is O=C(COc1c(I)cc(Cl)c2cccnc12)OCc1nc2ccccc2o1. The first-order valence-electron chi connectivity index (χ1n) is 7.97. The Morgan fingerprint density at radius 2 is 2.07 bits per heavy atom. The van der Waals surface area contributed by atoms with Gasteiger partial charge in [0.25, 0.3) is 0 Å². The number of hydrogen-bond donors (Lipinski definition) is 0. The van der Waals surface area contributed by atoms with Gasteiger partial charge in [0, 0.05) is 11.6 Å². The summed E-state index contributed by atoms with van der Waals surface area (Å²) in [6.07, 6.45) is 1.65. The van der Waals surface area contributed by atoms with Gasteiger partial charge in [-0.3, -0.25) is 4.98 Å². The zero-order valence-corrected chi connectivity index (χ0v) is 16.7. The van der Waals surface area contributed by atoms with Crippen LogP contribution in [-0.4, -0.2) is 22.5 Å². The largest absolute Gasteiger partial charge is 0.478 e. The number of carbonyl (C=O) groups is 1. The van der Waals surface area contributed by atoms with Crippen LogP contribution < -0.4 is 4.74 Å². The molecule has 0 unspecified atom stereocenters. The lowest BCUT2D eigenvalue weighted by Gasteiger charge is -2.11. The van der Waals surface area contributed by atoms with Crippen LogP contribution in [-0.2, 0) is 16.1 Å². The van der Waals surface area contributed by atoms with Crippen molar-refractivity contribution in [3.8, 4) is 5.75 Å². The van der Waals surface area contributed by atoms with Crippen molar-refractivity contribution in [3.63, 3.8) is 0 Å². The summed E-state index contributed by atoms with van der Waals surface area (Å²) < 4.78 is 17.1. The van der Waals surface area contributed by atoms with Crippen molar-refractivity contribution in [2.75, 3.05) is 6.61 Å². The van der Waals surface area contributed by atoms with E-state index < -0.39 is 5.97 Å². The number of carbonyl (C=O) groups excluding carboxylic acids is 1. The zero-order chi connectivity index (χ0) is 18.8. The molecular weight excluding hydrogens is 483 g/mol. The van der Waals surface area contributed by atoms with Gasteiger partial charge < -0.3 is 13.9 Å². The number of hydrogen-bond acceptors (Lipinski definition) is 6. The predicted octanol–water partition coefficient (Wildman–Crippen LogP) is 4.76. The Morgan fingerprint density at radius 3 is 2.93 bits per heavy atom. The first kappa shape index (κ1) is 18.0. The van der Waals surface area contributed by atoms with Crippen molar-refractivity contribution >= 4 is 62.2 Å². The van der Waals surface area contributed by atoms with E-state index in [2.05, 4.69) is 32.6 Å². The molecular formula is C19H12ClIN2O4. The number of esters is 1. The number of benzene rings is 2. The molecule has 27 heavy (non-hydrogen) atoms. The van der Waals surface area contributed by atoms with Crippen LogP contribution in [0.25, 0.3) is 22.0 Å². The molecule has 0 amide bonds. The van der Waals surface area contributed by atoms with Gasteiger partial charge in [0.05, 0.1) is 8.59 Å². The number of aromatic nitrogens is 2. The summed E-state index contributed by atoms with van der Waals surface area (Å²) in [5, 5.41) is 1.34. The van der Waals surface area contributed by atoms with Gasteiger partial charge in [-0.05, 0) is 52.9 Å². The quantitative estimate of drug-likeness (QED) is 0.294. The molecule has 0 atom stereocenters. The molecule has 0 aliphatic heterocycles. The summed E-state index contributed by atoms with van der Waals surface area (Å²) in [6.45, 7) is -0.322. The highest BCUT2D eigenvalue weighted by molar-refractivity contribution is 14.1. The molecule has 0 bridgehead atoms. The first-order chi connectivity index (χ1) is 13.1. The number of fused-ring (bicyclic) bond motifs is 2. The second kappa shape index (κ2) is 7.69. The third-order valence-electron chi connectivity index (χ3n) is 3.78. The smallest absolute Gasteiger partial charge is 0.344 e. The Balaban J connectivity index is 1.43. The lowest BCUT2D eigenvalue weighted by molar-refractivity contribution is -0.148. The standard InChI is InChI=1S/C19H12ClIN2O4/c20-12-8-13(21)19(18-11(12)4-3-7-22-18)26-10-17(24)25-9-16-23-14-5-1-2-6-15(14)27-16/h1-8H,9-10H2. The zero-order valence-electron chi connectivity index (χ0n) is 13.8. The highest BCUT2D eigenvalue weighted by Crippen LogP contribution is 2.34. The van der Waals surface area contributed by atoms with Crippen LogP contribution in [0.5, 0.6) is 5.75 Å². The Bertz CT molecular complexity index is 1110.